The first-order chi connectivity index (χ1) is 13.2. The monoisotopic (exact) mass is 387 g/mol. The average Bonchev–Trinajstić information content (AvgIpc) is 2.64. The molecule has 0 amide bonds. The lowest BCUT2D eigenvalue weighted by Gasteiger charge is -2.16. The van der Waals surface area contributed by atoms with Gasteiger partial charge in [0.1, 0.15) is 12.1 Å². The van der Waals surface area contributed by atoms with E-state index in [0.717, 1.165) is 23.2 Å². The molecule has 0 saturated heterocycles. The minimum atomic E-state index is -4.54. The SMILES string of the molecule is Cc1ncccc1-c1ccc(C(F)(F)F)cc1Oc1cc(C)c(=N)n(C=N)n1. The molecule has 0 saturated carbocycles. The van der Waals surface area contributed by atoms with E-state index in [1.54, 1.807) is 32.2 Å². The summed E-state index contributed by atoms with van der Waals surface area (Å²) in [6, 6.07) is 8.08. The fraction of sp³-hybridized carbons (Fsp3) is 0.158. The highest BCUT2D eigenvalue weighted by Gasteiger charge is 2.31. The van der Waals surface area contributed by atoms with Crippen LogP contribution in [0.25, 0.3) is 11.1 Å². The molecule has 0 radical (unpaired) electrons. The Balaban J connectivity index is 2.17. The first-order valence-electron chi connectivity index (χ1n) is 8.17. The summed E-state index contributed by atoms with van der Waals surface area (Å²) in [6.45, 7) is 3.37. The van der Waals surface area contributed by atoms with Crippen molar-refractivity contribution in [2.75, 3.05) is 0 Å². The van der Waals surface area contributed by atoms with Crippen molar-refractivity contribution in [2.45, 2.75) is 20.0 Å². The molecule has 3 aromatic rings. The Morgan fingerprint density at radius 3 is 2.50 bits per heavy atom. The van der Waals surface area contributed by atoms with Gasteiger partial charge < -0.3 is 4.74 Å². The maximum Gasteiger partial charge on any atom is 0.416 e. The predicted octanol–water partition coefficient (Wildman–Crippen LogP) is 4.31. The molecular formula is C19H16F3N5O. The molecule has 0 spiro atoms. The van der Waals surface area contributed by atoms with E-state index < -0.39 is 11.7 Å². The number of nitrogens with one attached hydrogen (secondary N) is 2. The smallest absolute Gasteiger partial charge is 0.416 e. The number of alkyl halides is 3. The van der Waals surface area contributed by atoms with E-state index in [9.17, 15) is 13.2 Å². The zero-order chi connectivity index (χ0) is 20.5. The Hall–Kier alpha value is -3.49. The van der Waals surface area contributed by atoms with Crippen molar-refractivity contribution in [2.24, 2.45) is 0 Å². The van der Waals surface area contributed by atoms with Crippen molar-refractivity contribution in [3.05, 3.63) is 64.9 Å². The van der Waals surface area contributed by atoms with Crippen LogP contribution in [0.1, 0.15) is 16.8 Å². The minimum Gasteiger partial charge on any atom is -0.437 e. The van der Waals surface area contributed by atoms with Crippen LogP contribution in [0.2, 0.25) is 0 Å². The summed E-state index contributed by atoms with van der Waals surface area (Å²) in [6.07, 6.45) is -2.13. The predicted molar refractivity (Wildman–Crippen MR) is 96.5 cm³/mol. The van der Waals surface area contributed by atoms with Crippen LogP contribution in [-0.2, 0) is 6.18 Å². The van der Waals surface area contributed by atoms with E-state index in [4.69, 9.17) is 15.6 Å². The number of hydrogen-bond donors (Lipinski definition) is 2. The summed E-state index contributed by atoms with van der Waals surface area (Å²) < 4.78 is 46.3. The van der Waals surface area contributed by atoms with Gasteiger partial charge in [0.15, 0.2) is 5.49 Å². The fourth-order valence-corrected chi connectivity index (χ4v) is 2.65. The van der Waals surface area contributed by atoms with Gasteiger partial charge in [0, 0.05) is 29.1 Å². The lowest BCUT2D eigenvalue weighted by molar-refractivity contribution is -0.137. The van der Waals surface area contributed by atoms with Gasteiger partial charge in [-0.3, -0.25) is 15.8 Å². The second-order valence-corrected chi connectivity index (χ2v) is 6.03. The third-order valence-electron chi connectivity index (χ3n) is 4.09. The highest BCUT2D eigenvalue weighted by Crippen LogP contribution is 2.39. The zero-order valence-corrected chi connectivity index (χ0v) is 15.0. The number of benzene rings is 1. The van der Waals surface area contributed by atoms with E-state index in [2.05, 4.69) is 10.1 Å². The van der Waals surface area contributed by atoms with Gasteiger partial charge in [-0.25, -0.2) is 4.68 Å². The molecule has 144 valence electrons. The van der Waals surface area contributed by atoms with Crippen LogP contribution in [0.3, 0.4) is 0 Å². The van der Waals surface area contributed by atoms with Crippen molar-refractivity contribution < 1.29 is 17.9 Å². The summed E-state index contributed by atoms with van der Waals surface area (Å²) in [5.41, 5.74) is 1.26. The molecule has 0 unspecified atom stereocenters. The Labute approximate surface area is 158 Å². The van der Waals surface area contributed by atoms with Crippen LogP contribution in [0, 0.1) is 24.7 Å². The number of halogens is 3. The maximum absolute atomic E-state index is 13.2. The molecule has 0 aliphatic carbocycles. The molecule has 0 fully saturated rings. The van der Waals surface area contributed by atoms with Gasteiger partial charge in [-0.15, -0.1) is 5.10 Å². The van der Waals surface area contributed by atoms with Crippen molar-refractivity contribution in [1.29, 1.82) is 10.8 Å². The van der Waals surface area contributed by atoms with Crippen molar-refractivity contribution in [3.63, 3.8) is 0 Å². The standard InChI is InChI=1S/C19H16F3N5O/c1-11-8-17(26-27(10-23)18(11)24)28-16-9-13(19(20,21)22)5-6-15(16)14-4-3-7-25-12(14)2/h3-10,23-24H,1-2H3. The lowest BCUT2D eigenvalue weighted by atomic mass is 10.0. The molecule has 6 nitrogen and oxygen atoms in total. The number of aromatic nitrogens is 3. The number of pyridine rings is 1. The van der Waals surface area contributed by atoms with E-state index in [0.29, 0.717) is 22.4 Å². The summed E-state index contributed by atoms with van der Waals surface area (Å²) in [4.78, 5) is 4.18. The third kappa shape index (κ3) is 3.78. The van der Waals surface area contributed by atoms with Crippen molar-refractivity contribution >= 4 is 6.34 Å². The van der Waals surface area contributed by atoms with E-state index in [1.165, 1.54) is 12.1 Å². The van der Waals surface area contributed by atoms with E-state index >= 15 is 0 Å². The quantitative estimate of drug-likeness (QED) is 0.517. The number of nitrogens with zero attached hydrogens (tertiary/aromatic N) is 3. The van der Waals surface area contributed by atoms with Gasteiger partial charge in [0.05, 0.1) is 5.56 Å². The van der Waals surface area contributed by atoms with Crippen LogP contribution in [-0.4, -0.2) is 21.1 Å². The van der Waals surface area contributed by atoms with Gasteiger partial charge in [0.2, 0.25) is 5.88 Å². The Kier molecular flexibility index (Phi) is 5.00. The van der Waals surface area contributed by atoms with Crippen LogP contribution in [0.15, 0.2) is 42.6 Å². The molecule has 28 heavy (non-hydrogen) atoms. The highest BCUT2D eigenvalue weighted by atomic mass is 19.4. The fourth-order valence-electron chi connectivity index (χ4n) is 2.65. The maximum atomic E-state index is 13.2. The summed E-state index contributed by atoms with van der Waals surface area (Å²) in [5, 5.41) is 19.1. The van der Waals surface area contributed by atoms with Gasteiger partial charge in [-0.05, 0) is 43.7 Å². The number of aryl methyl sites for hydroxylation is 2. The molecule has 0 bridgehead atoms. The first kappa shape index (κ1) is 19.3. The minimum absolute atomic E-state index is 0.0188. The number of hydrogen-bond acceptors (Lipinski definition) is 5. The first-order valence-corrected chi connectivity index (χ1v) is 8.17. The van der Waals surface area contributed by atoms with Crippen LogP contribution >= 0.6 is 0 Å². The average molecular weight is 387 g/mol. The molecule has 2 heterocycles. The van der Waals surface area contributed by atoms with Crippen molar-refractivity contribution in [3.8, 4) is 22.8 Å². The molecule has 2 N–H and O–H groups in total. The summed E-state index contributed by atoms with van der Waals surface area (Å²) >= 11 is 0. The van der Waals surface area contributed by atoms with Crippen LogP contribution < -0.4 is 10.2 Å². The number of rotatable bonds is 4. The second kappa shape index (κ2) is 7.26. The topological polar surface area (TPSA) is 87.6 Å². The van der Waals surface area contributed by atoms with Gasteiger partial charge >= 0.3 is 6.18 Å². The molecule has 1 aromatic carbocycles. The van der Waals surface area contributed by atoms with E-state index in [1.807, 2.05) is 0 Å². The molecule has 0 aliphatic rings. The molecule has 3 rings (SSSR count). The van der Waals surface area contributed by atoms with Gasteiger partial charge in [-0.1, -0.05) is 6.07 Å². The molecule has 0 atom stereocenters. The Morgan fingerprint density at radius 2 is 1.86 bits per heavy atom. The number of ether oxygens (including phenoxy) is 1. The lowest BCUT2D eigenvalue weighted by Crippen LogP contribution is -2.24. The molecular weight excluding hydrogens is 371 g/mol. The van der Waals surface area contributed by atoms with Crippen molar-refractivity contribution in [1.82, 2.24) is 14.8 Å². The Morgan fingerprint density at radius 1 is 1.11 bits per heavy atom. The molecule has 0 aliphatic heterocycles. The van der Waals surface area contributed by atoms with Crippen LogP contribution in [0.5, 0.6) is 11.6 Å². The molecule has 9 heteroatoms. The van der Waals surface area contributed by atoms with Gasteiger partial charge in [-0.2, -0.15) is 13.2 Å². The van der Waals surface area contributed by atoms with Crippen LogP contribution in [0.4, 0.5) is 13.2 Å². The summed E-state index contributed by atoms with van der Waals surface area (Å²) in [7, 11) is 0. The third-order valence-corrected chi connectivity index (χ3v) is 4.09. The second-order valence-electron chi connectivity index (χ2n) is 6.03. The van der Waals surface area contributed by atoms with E-state index in [-0.39, 0.29) is 17.1 Å². The molecule has 2 aromatic heterocycles. The highest BCUT2D eigenvalue weighted by molar-refractivity contribution is 5.73. The largest absolute Gasteiger partial charge is 0.437 e. The van der Waals surface area contributed by atoms with Gasteiger partial charge in [0.25, 0.3) is 0 Å². The normalized spacial score (nSPS) is 11.3. The summed E-state index contributed by atoms with van der Waals surface area (Å²) in [5.74, 6) is -0.0776. The Bertz CT molecular complexity index is 1110. The zero-order valence-electron chi connectivity index (χ0n) is 15.0.